The Bertz CT molecular complexity index is 768. The van der Waals surface area contributed by atoms with E-state index in [2.05, 4.69) is 36.6 Å². The molecule has 0 spiro atoms. The van der Waals surface area contributed by atoms with Crippen LogP contribution in [0.5, 0.6) is 0 Å². The van der Waals surface area contributed by atoms with Crippen molar-refractivity contribution in [3.63, 3.8) is 0 Å². The molecule has 106 valence electrons. The summed E-state index contributed by atoms with van der Waals surface area (Å²) < 4.78 is 41.4. The van der Waals surface area contributed by atoms with Gasteiger partial charge in [-0.05, 0) is 46.3 Å². The van der Waals surface area contributed by atoms with Gasteiger partial charge < -0.3 is 0 Å². The van der Waals surface area contributed by atoms with Crippen molar-refractivity contribution >= 4 is 59.2 Å². The molecule has 0 unspecified atom stereocenters. The van der Waals surface area contributed by atoms with E-state index in [1.807, 2.05) is 0 Å². The maximum Gasteiger partial charge on any atom is 0.263 e. The summed E-state index contributed by atoms with van der Waals surface area (Å²) in [6.07, 6.45) is 0. The largest absolute Gasteiger partial charge is 0.277 e. The van der Waals surface area contributed by atoms with E-state index in [0.717, 1.165) is 0 Å². The fraction of sp³-hybridized carbons (Fsp3) is 0. The zero-order valence-corrected chi connectivity index (χ0v) is 14.4. The summed E-state index contributed by atoms with van der Waals surface area (Å²) in [5, 5.41) is -0.154. The van der Waals surface area contributed by atoms with Crippen LogP contribution < -0.4 is 4.72 Å². The van der Waals surface area contributed by atoms with Gasteiger partial charge in [-0.2, -0.15) is 0 Å². The van der Waals surface area contributed by atoms with E-state index in [0.29, 0.717) is 8.95 Å². The van der Waals surface area contributed by atoms with E-state index >= 15 is 0 Å². The minimum absolute atomic E-state index is 0.00810. The molecule has 2 aromatic carbocycles. The van der Waals surface area contributed by atoms with Crippen molar-refractivity contribution in [2.45, 2.75) is 4.90 Å². The summed E-state index contributed by atoms with van der Waals surface area (Å²) in [6.45, 7) is 0. The molecular weight excluding hydrogens is 436 g/mol. The van der Waals surface area contributed by atoms with Crippen LogP contribution in [0.15, 0.2) is 50.2 Å². The molecular formula is C12H7Br2ClFNO2S. The molecule has 0 radical (unpaired) electrons. The van der Waals surface area contributed by atoms with Gasteiger partial charge in [-0.25, -0.2) is 12.8 Å². The number of anilines is 1. The van der Waals surface area contributed by atoms with Crippen LogP contribution in [0.1, 0.15) is 0 Å². The lowest BCUT2D eigenvalue weighted by molar-refractivity contribution is 0.598. The van der Waals surface area contributed by atoms with Crippen LogP contribution in [-0.4, -0.2) is 8.42 Å². The van der Waals surface area contributed by atoms with Crippen molar-refractivity contribution in [1.82, 2.24) is 0 Å². The standard InChI is InChI=1S/C12H7Br2ClFNO2S/c13-7-4-5-8(14)11(6-7)20(18,19)17-10-3-1-2-9(15)12(10)16/h1-6,17H. The molecule has 20 heavy (non-hydrogen) atoms. The van der Waals surface area contributed by atoms with Gasteiger partial charge in [0.2, 0.25) is 0 Å². The Morgan fingerprint density at radius 3 is 2.55 bits per heavy atom. The zero-order chi connectivity index (χ0) is 14.9. The highest BCUT2D eigenvalue weighted by Gasteiger charge is 2.20. The molecule has 8 heteroatoms. The van der Waals surface area contributed by atoms with Gasteiger partial charge in [-0.3, -0.25) is 4.72 Å². The van der Waals surface area contributed by atoms with Gasteiger partial charge in [-0.15, -0.1) is 0 Å². The van der Waals surface area contributed by atoms with Crippen LogP contribution in [0, 0.1) is 5.82 Å². The lowest BCUT2D eigenvalue weighted by Crippen LogP contribution is -2.14. The molecule has 0 bridgehead atoms. The smallest absolute Gasteiger partial charge is 0.263 e. The van der Waals surface area contributed by atoms with E-state index in [4.69, 9.17) is 11.6 Å². The van der Waals surface area contributed by atoms with Crippen molar-refractivity contribution in [2.75, 3.05) is 4.72 Å². The fourth-order valence-corrected chi connectivity index (χ4v) is 4.20. The van der Waals surface area contributed by atoms with E-state index < -0.39 is 15.8 Å². The molecule has 0 saturated heterocycles. The quantitative estimate of drug-likeness (QED) is 0.741. The Morgan fingerprint density at radius 1 is 1.15 bits per heavy atom. The SMILES string of the molecule is O=S(=O)(Nc1cccc(Cl)c1F)c1cc(Br)ccc1Br. The molecule has 2 aromatic rings. The Balaban J connectivity index is 2.46. The van der Waals surface area contributed by atoms with Crippen LogP contribution in [0.2, 0.25) is 5.02 Å². The molecule has 0 amide bonds. The van der Waals surface area contributed by atoms with E-state index in [-0.39, 0.29) is 15.6 Å². The molecule has 2 rings (SSSR count). The summed E-state index contributed by atoms with van der Waals surface area (Å²) in [7, 11) is -3.93. The Hall–Kier alpha value is -0.630. The molecule has 0 aliphatic heterocycles. The molecule has 3 nitrogen and oxygen atoms in total. The maximum atomic E-state index is 13.7. The van der Waals surface area contributed by atoms with Gasteiger partial charge in [0, 0.05) is 8.95 Å². The van der Waals surface area contributed by atoms with Crippen molar-refractivity contribution in [3.05, 3.63) is 56.2 Å². The summed E-state index contributed by atoms with van der Waals surface area (Å²) >= 11 is 12.0. The predicted molar refractivity (Wildman–Crippen MR) is 84.1 cm³/mol. The van der Waals surface area contributed by atoms with Gasteiger partial charge in [0.15, 0.2) is 5.82 Å². The van der Waals surface area contributed by atoms with Crippen LogP contribution >= 0.6 is 43.5 Å². The summed E-state index contributed by atoms with van der Waals surface area (Å²) in [6, 6.07) is 8.76. The first-order chi connectivity index (χ1) is 9.31. The Labute approximate surface area is 137 Å². The van der Waals surface area contributed by atoms with Gasteiger partial charge in [-0.1, -0.05) is 33.6 Å². The third kappa shape index (κ3) is 3.33. The molecule has 0 atom stereocenters. The number of nitrogens with one attached hydrogen (secondary N) is 1. The van der Waals surface area contributed by atoms with Crippen molar-refractivity contribution < 1.29 is 12.8 Å². The second kappa shape index (κ2) is 6.01. The van der Waals surface area contributed by atoms with Gasteiger partial charge in [0.05, 0.1) is 10.7 Å². The van der Waals surface area contributed by atoms with Gasteiger partial charge >= 0.3 is 0 Å². The summed E-state index contributed by atoms with van der Waals surface area (Å²) in [5.41, 5.74) is -0.204. The summed E-state index contributed by atoms with van der Waals surface area (Å²) in [4.78, 5) is -0.00810. The average Bonchev–Trinajstić information content (AvgIpc) is 2.37. The van der Waals surface area contributed by atoms with E-state index in [1.165, 1.54) is 24.3 Å². The molecule has 1 N–H and O–H groups in total. The molecule has 0 heterocycles. The normalized spacial score (nSPS) is 11.4. The van der Waals surface area contributed by atoms with Gasteiger partial charge in [0.1, 0.15) is 4.90 Å². The first-order valence-electron chi connectivity index (χ1n) is 5.23. The highest BCUT2D eigenvalue weighted by atomic mass is 79.9. The zero-order valence-electron chi connectivity index (χ0n) is 9.70. The monoisotopic (exact) mass is 441 g/mol. The number of halogens is 4. The molecule has 0 aliphatic carbocycles. The Morgan fingerprint density at radius 2 is 1.85 bits per heavy atom. The highest BCUT2D eigenvalue weighted by Crippen LogP contribution is 2.29. The molecule has 0 fully saturated rings. The van der Waals surface area contributed by atoms with Crippen molar-refractivity contribution in [3.8, 4) is 0 Å². The second-order valence-electron chi connectivity index (χ2n) is 3.78. The molecule has 0 aliphatic rings. The van der Waals surface area contributed by atoms with E-state index in [1.54, 1.807) is 12.1 Å². The van der Waals surface area contributed by atoms with Crippen LogP contribution in [0.3, 0.4) is 0 Å². The molecule has 0 saturated carbocycles. The minimum Gasteiger partial charge on any atom is -0.277 e. The number of hydrogen-bond donors (Lipinski definition) is 1. The highest BCUT2D eigenvalue weighted by molar-refractivity contribution is 9.11. The first kappa shape index (κ1) is 15.8. The third-order valence-electron chi connectivity index (χ3n) is 2.38. The van der Waals surface area contributed by atoms with E-state index in [9.17, 15) is 12.8 Å². The number of sulfonamides is 1. The number of hydrogen-bond acceptors (Lipinski definition) is 2. The van der Waals surface area contributed by atoms with Crippen LogP contribution in [-0.2, 0) is 10.0 Å². The summed E-state index contributed by atoms with van der Waals surface area (Å²) in [5.74, 6) is -0.816. The predicted octanol–water partition coefficient (Wildman–Crippen LogP) is 4.80. The maximum absolute atomic E-state index is 13.7. The lowest BCUT2D eigenvalue weighted by atomic mass is 10.3. The first-order valence-corrected chi connectivity index (χ1v) is 8.68. The minimum atomic E-state index is -3.93. The lowest BCUT2D eigenvalue weighted by Gasteiger charge is -2.11. The van der Waals surface area contributed by atoms with Gasteiger partial charge in [0.25, 0.3) is 10.0 Å². The Kier molecular flexibility index (Phi) is 4.73. The fourth-order valence-electron chi connectivity index (χ4n) is 1.47. The second-order valence-corrected chi connectivity index (χ2v) is 7.61. The topological polar surface area (TPSA) is 46.2 Å². The third-order valence-corrected chi connectivity index (χ3v) is 5.52. The number of rotatable bonds is 3. The number of benzene rings is 2. The van der Waals surface area contributed by atoms with Crippen LogP contribution in [0.25, 0.3) is 0 Å². The average molecular weight is 444 g/mol. The van der Waals surface area contributed by atoms with Crippen LogP contribution in [0.4, 0.5) is 10.1 Å². The van der Waals surface area contributed by atoms with Crippen molar-refractivity contribution in [1.29, 1.82) is 0 Å². The molecule has 0 aromatic heterocycles. The van der Waals surface area contributed by atoms with Crippen molar-refractivity contribution in [2.24, 2.45) is 0 Å².